The lowest BCUT2D eigenvalue weighted by atomic mass is 10.3. The third-order valence-electron chi connectivity index (χ3n) is 2.25. The Morgan fingerprint density at radius 3 is 3.00 bits per heavy atom. The van der Waals surface area contributed by atoms with Crippen molar-refractivity contribution in [3.8, 4) is 0 Å². The van der Waals surface area contributed by atoms with Crippen LogP contribution in [0.15, 0.2) is 12.2 Å². The van der Waals surface area contributed by atoms with E-state index in [1.54, 1.807) is 4.90 Å². The van der Waals surface area contributed by atoms with Crippen LogP contribution in [0.4, 0.5) is 0 Å². The molecule has 0 aromatic rings. The van der Waals surface area contributed by atoms with Gasteiger partial charge in [0.25, 0.3) is 0 Å². The van der Waals surface area contributed by atoms with Gasteiger partial charge in [0.2, 0.25) is 11.8 Å². The van der Waals surface area contributed by atoms with Crippen LogP contribution in [0, 0.1) is 0 Å². The summed E-state index contributed by atoms with van der Waals surface area (Å²) in [6, 6.07) is 0. The molecular weight excluding hydrogens is 208 g/mol. The Balaban J connectivity index is 2.26. The topological polar surface area (TPSA) is 58.6 Å². The van der Waals surface area contributed by atoms with Gasteiger partial charge < -0.3 is 15.0 Å². The van der Waals surface area contributed by atoms with Crippen LogP contribution in [-0.2, 0) is 14.3 Å². The molecule has 1 saturated heterocycles. The summed E-state index contributed by atoms with van der Waals surface area (Å²) < 4.78 is 5.32. The van der Waals surface area contributed by atoms with E-state index < -0.39 is 0 Å². The van der Waals surface area contributed by atoms with Gasteiger partial charge in [0.05, 0.1) is 19.8 Å². The minimum atomic E-state index is -0.0706. The Hall–Kier alpha value is -1.36. The zero-order chi connectivity index (χ0) is 12.0. The molecule has 5 heteroatoms. The van der Waals surface area contributed by atoms with E-state index in [2.05, 4.69) is 11.9 Å². The molecule has 0 unspecified atom stereocenters. The first-order valence-corrected chi connectivity index (χ1v) is 5.36. The molecular formula is C11H18N2O3. The predicted octanol–water partition coefficient (Wildman–Crippen LogP) is -0.0724. The van der Waals surface area contributed by atoms with Crippen molar-refractivity contribution in [1.82, 2.24) is 10.2 Å². The van der Waals surface area contributed by atoms with E-state index in [0.29, 0.717) is 32.7 Å². The summed E-state index contributed by atoms with van der Waals surface area (Å²) >= 11 is 0. The first kappa shape index (κ1) is 12.7. The van der Waals surface area contributed by atoms with Crippen LogP contribution in [0.2, 0.25) is 0 Å². The van der Waals surface area contributed by atoms with Crippen molar-refractivity contribution in [1.29, 1.82) is 0 Å². The van der Waals surface area contributed by atoms with Crippen LogP contribution < -0.4 is 5.32 Å². The normalized spacial score (nSPS) is 16.9. The van der Waals surface area contributed by atoms with Crippen LogP contribution >= 0.6 is 0 Å². The largest absolute Gasteiger partial charge is 0.375 e. The van der Waals surface area contributed by atoms with Gasteiger partial charge in [-0.2, -0.15) is 0 Å². The van der Waals surface area contributed by atoms with Crippen LogP contribution in [0.3, 0.4) is 0 Å². The summed E-state index contributed by atoms with van der Waals surface area (Å²) in [5.74, 6) is -0.122. The maximum atomic E-state index is 11.5. The monoisotopic (exact) mass is 226 g/mol. The lowest BCUT2D eigenvalue weighted by molar-refractivity contribution is -0.130. The summed E-state index contributed by atoms with van der Waals surface area (Å²) in [6.07, 6.45) is 0.367. The molecule has 0 aromatic carbocycles. The summed E-state index contributed by atoms with van der Waals surface area (Å²) in [4.78, 5) is 24.2. The van der Waals surface area contributed by atoms with E-state index in [4.69, 9.17) is 4.74 Å². The Kier molecular flexibility index (Phi) is 4.98. The van der Waals surface area contributed by atoms with Crippen molar-refractivity contribution in [2.45, 2.75) is 13.3 Å². The fraction of sp³-hybridized carbons (Fsp3) is 0.636. The number of hydrogen-bond donors (Lipinski definition) is 1. The molecule has 2 amide bonds. The molecule has 0 spiro atoms. The molecule has 5 nitrogen and oxygen atoms in total. The van der Waals surface area contributed by atoms with Gasteiger partial charge in [-0.15, -0.1) is 0 Å². The summed E-state index contributed by atoms with van der Waals surface area (Å²) in [6.45, 7) is 7.70. The van der Waals surface area contributed by atoms with Crippen molar-refractivity contribution in [2.24, 2.45) is 0 Å². The number of ether oxygens (including phenoxy) is 1. The highest BCUT2D eigenvalue weighted by Crippen LogP contribution is 1.98. The second-order valence-corrected chi connectivity index (χ2v) is 3.92. The number of nitrogens with one attached hydrogen (secondary N) is 1. The van der Waals surface area contributed by atoms with Crippen LogP contribution in [-0.4, -0.2) is 49.6 Å². The van der Waals surface area contributed by atoms with Gasteiger partial charge in [0.15, 0.2) is 0 Å². The van der Waals surface area contributed by atoms with E-state index in [1.807, 2.05) is 6.92 Å². The minimum Gasteiger partial charge on any atom is -0.375 e. The molecule has 0 bridgehead atoms. The Bertz CT molecular complexity index is 289. The zero-order valence-electron chi connectivity index (χ0n) is 9.62. The van der Waals surface area contributed by atoms with E-state index in [0.717, 1.165) is 5.57 Å². The van der Waals surface area contributed by atoms with Crippen molar-refractivity contribution < 1.29 is 14.3 Å². The summed E-state index contributed by atoms with van der Waals surface area (Å²) in [5.41, 5.74) is 0.957. The van der Waals surface area contributed by atoms with Crippen molar-refractivity contribution in [3.05, 3.63) is 12.2 Å². The number of carbonyl (C=O) groups is 2. The fourth-order valence-electron chi connectivity index (χ4n) is 1.39. The number of rotatable bonds is 5. The highest BCUT2D eigenvalue weighted by molar-refractivity contribution is 5.87. The lowest BCUT2D eigenvalue weighted by Crippen LogP contribution is -2.37. The third kappa shape index (κ3) is 4.44. The average Bonchev–Trinajstić information content (AvgIpc) is 2.38. The molecule has 90 valence electrons. The molecule has 16 heavy (non-hydrogen) atoms. The van der Waals surface area contributed by atoms with Crippen molar-refractivity contribution >= 4 is 11.8 Å². The number of hydrogen-bond acceptors (Lipinski definition) is 3. The molecule has 0 atom stereocenters. The van der Waals surface area contributed by atoms with Crippen LogP contribution in [0.5, 0.6) is 0 Å². The lowest BCUT2D eigenvalue weighted by Gasteiger charge is -2.19. The van der Waals surface area contributed by atoms with Gasteiger partial charge in [-0.3, -0.25) is 9.59 Å². The first-order valence-electron chi connectivity index (χ1n) is 5.36. The highest BCUT2D eigenvalue weighted by atomic mass is 16.5. The van der Waals surface area contributed by atoms with Gasteiger partial charge in [0, 0.05) is 19.5 Å². The number of nitrogens with zero attached hydrogens (tertiary/aromatic N) is 1. The van der Waals surface area contributed by atoms with E-state index >= 15 is 0 Å². The van der Waals surface area contributed by atoms with E-state index in [9.17, 15) is 9.59 Å². The molecule has 0 aliphatic carbocycles. The molecule has 1 aliphatic rings. The highest BCUT2D eigenvalue weighted by Gasteiger charge is 2.19. The van der Waals surface area contributed by atoms with Gasteiger partial charge in [0.1, 0.15) is 0 Å². The van der Waals surface area contributed by atoms with Crippen LogP contribution in [0.25, 0.3) is 0 Å². The quantitative estimate of drug-likeness (QED) is 0.527. The van der Waals surface area contributed by atoms with Gasteiger partial charge >= 0.3 is 0 Å². The zero-order valence-corrected chi connectivity index (χ0v) is 9.62. The Labute approximate surface area is 95.4 Å². The second-order valence-electron chi connectivity index (χ2n) is 3.92. The third-order valence-corrected chi connectivity index (χ3v) is 2.25. The van der Waals surface area contributed by atoms with Crippen molar-refractivity contribution in [3.63, 3.8) is 0 Å². The van der Waals surface area contributed by atoms with E-state index in [1.165, 1.54) is 0 Å². The maximum Gasteiger partial charge on any atom is 0.242 e. The average molecular weight is 226 g/mol. The molecule has 0 radical (unpaired) electrons. The summed E-state index contributed by atoms with van der Waals surface area (Å²) in [5, 5.41) is 2.55. The SMILES string of the molecule is C=C(C)COCCN1CCC(=O)NCC1=O. The molecule has 0 saturated carbocycles. The molecule has 1 fully saturated rings. The molecule has 1 heterocycles. The fourth-order valence-corrected chi connectivity index (χ4v) is 1.39. The number of carbonyl (C=O) groups excluding carboxylic acids is 2. The standard InChI is InChI=1S/C11H18N2O3/c1-9(2)8-16-6-5-13-4-3-10(14)12-7-11(13)15/h1,3-8H2,2H3,(H,12,14). The Morgan fingerprint density at radius 2 is 2.31 bits per heavy atom. The number of amides is 2. The second kappa shape index (κ2) is 6.27. The smallest absolute Gasteiger partial charge is 0.242 e. The molecule has 1 aliphatic heterocycles. The molecule has 0 aromatic heterocycles. The van der Waals surface area contributed by atoms with Crippen molar-refractivity contribution in [2.75, 3.05) is 32.8 Å². The maximum absolute atomic E-state index is 11.5. The minimum absolute atomic E-state index is 0.0511. The van der Waals surface area contributed by atoms with Gasteiger partial charge in [-0.1, -0.05) is 12.2 Å². The molecule has 1 rings (SSSR count). The first-order chi connectivity index (χ1) is 7.59. The summed E-state index contributed by atoms with van der Waals surface area (Å²) in [7, 11) is 0. The van der Waals surface area contributed by atoms with Crippen LogP contribution in [0.1, 0.15) is 13.3 Å². The van der Waals surface area contributed by atoms with E-state index in [-0.39, 0.29) is 18.4 Å². The van der Waals surface area contributed by atoms with Gasteiger partial charge in [-0.05, 0) is 6.92 Å². The van der Waals surface area contributed by atoms with Gasteiger partial charge in [-0.25, -0.2) is 0 Å². The Morgan fingerprint density at radius 1 is 1.56 bits per heavy atom. The predicted molar refractivity (Wildman–Crippen MR) is 59.8 cm³/mol. The molecule has 1 N–H and O–H groups in total.